The monoisotopic (exact) mass is 243 g/mol. The van der Waals surface area contributed by atoms with Gasteiger partial charge in [0.05, 0.1) is 13.7 Å². The molecule has 4 nitrogen and oxygen atoms in total. The molecule has 0 aromatic rings. The van der Waals surface area contributed by atoms with Gasteiger partial charge in [0.15, 0.2) is 0 Å². The molecule has 1 aliphatic carbocycles. The molecule has 0 atom stereocenters. The molecule has 0 saturated heterocycles. The predicted molar refractivity (Wildman–Crippen MR) is 66.9 cm³/mol. The number of rotatable bonds is 6. The normalized spacial score (nSPS) is 29.0. The van der Waals surface area contributed by atoms with Crippen molar-refractivity contribution in [1.29, 1.82) is 0 Å². The Bertz CT molecular complexity index is 229. The Morgan fingerprint density at radius 3 is 2.47 bits per heavy atom. The fraction of sp³-hybridized carbons (Fsp3) is 0.923. The molecule has 0 spiro atoms. The smallest absolute Gasteiger partial charge is 0.326 e. The van der Waals surface area contributed by atoms with E-state index in [-0.39, 0.29) is 5.97 Å². The van der Waals surface area contributed by atoms with Crippen LogP contribution in [0.15, 0.2) is 0 Å². The lowest BCUT2D eigenvalue weighted by atomic mass is 9.75. The molecule has 100 valence electrons. The van der Waals surface area contributed by atoms with E-state index in [1.165, 1.54) is 13.5 Å². The zero-order valence-electron chi connectivity index (χ0n) is 11.3. The SMILES string of the molecule is CCC1CCC(NCCOC)(C(=O)OC)CC1. The molecule has 0 amide bonds. The highest BCUT2D eigenvalue weighted by Crippen LogP contribution is 2.34. The van der Waals surface area contributed by atoms with Crippen LogP contribution in [-0.2, 0) is 14.3 Å². The van der Waals surface area contributed by atoms with E-state index in [4.69, 9.17) is 9.47 Å². The van der Waals surface area contributed by atoms with Crippen LogP contribution < -0.4 is 5.32 Å². The van der Waals surface area contributed by atoms with Crippen LogP contribution in [0.5, 0.6) is 0 Å². The first-order valence-corrected chi connectivity index (χ1v) is 6.51. The summed E-state index contributed by atoms with van der Waals surface area (Å²) in [6, 6.07) is 0. The first-order chi connectivity index (χ1) is 8.18. The van der Waals surface area contributed by atoms with E-state index in [0.29, 0.717) is 13.2 Å². The minimum atomic E-state index is -0.473. The minimum absolute atomic E-state index is 0.122. The molecule has 0 aromatic carbocycles. The second kappa shape index (κ2) is 6.97. The molecule has 4 heteroatoms. The van der Waals surface area contributed by atoms with E-state index >= 15 is 0 Å². The summed E-state index contributed by atoms with van der Waals surface area (Å²) in [6.07, 6.45) is 5.16. The van der Waals surface area contributed by atoms with Crippen molar-refractivity contribution in [1.82, 2.24) is 5.32 Å². The number of nitrogens with one attached hydrogen (secondary N) is 1. The molecule has 0 bridgehead atoms. The summed E-state index contributed by atoms with van der Waals surface area (Å²) < 4.78 is 9.97. The van der Waals surface area contributed by atoms with Crippen molar-refractivity contribution in [3.63, 3.8) is 0 Å². The van der Waals surface area contributed by atoms with E-state index in [0.717, 1.165) is 31.6 Å². The van der Waals surface area contributed by atoms with Crippen LogP contribution in [0.1, 0.15) is 39.0 Å². The van der Waals surface area contributed by atoms with Crippen molar-refractivity contribution in [2.75, 3.05) is 27.4 Å². The number of methoxy groups -OCH3 is 2. The van der Waals surface area contributed by atoms with E-state index in [2.05, 4.69) is 12.2 Å². The van der Waals surface area contributed by atoms with Gasteiger partial charge in [-0.05, 0) is 31.6 Å². The standard InChI is InChI=1S/C13H25NO3/c1-4-11-5-7-13(8-6-11,12(15)17-3)14-9-10-16-2/h11,14H,4-10H2,1-3H3. The lowest BCUT2D eigenvalue weighted by molar-refractivity contribution is -0.150. The van der Waals surface area contributed by atoms with Crippen LogP contribution >= 0.6 is 0 Å². The molecular formula is C13H25NO3. The van der Waals surface area contributed by atoms with Crippen LogP contribution in [0.4, 0.5) is 0 Å². The van der Waals surface area contributed by atoms with Crippen molar-refractivity contribution in [3.8, 4) is 0 Å². The number of carbonyl (C=O) groups is 1. The summed E-state index contributed by atoms with van der Waals surface area (Å²) in [7, 11) is 3.13. The van der Waals surface area contributed by atoms with Gasteiger partial charge in [0.2, 0.25) is 0 Å². The fourth-order valence-electron chi connectivity index (χ4n) is 2.62. The van der Waals surface area contributed by atoms with Crippen molar-refractivity contribution >= 4 is 5.97 Å². The zero-order chi connectivity index (χ0) is 12.7. The molecule has 0 aromatic heterocycles. The van der Waals surface area contributed by atoms with Crippen molar-refractivity contribution in [2.45, 2.75) is 44.6 Å². The van der Waals surface area contributed by atoms with Gasteiger partial charge >= 0.3 is 5.97 Å². The van der Waals surface area contributed by atoms with Gasteiger partial charge in [0.1, 0.15) is 5.54 Å². The summed E-state index contributed by atoms with van der Waals surface area (Å²) in [5.74, 6) is 0.639. The van der Waals surface area contributed by atoms with E-state index in [1.807, 2.05) is 0 Å². The second-order valence-corrected chi connectivity index (χ2v) is 4.84. The van der Waals surface area contributed by atoms with E-state index in [1.54, 1.807) is 7.11 Å². The average molecular weight is 243 g/mol. The van der Waals surface area contributed by atoms with Crippen LogP contribution in [0, 0.1) is 5.92 Å². The van der Waals surface area contributed by atoms with Gasteiger partial charge in [-0.3, -0.25) is 10.1 Å². The highest BCUT2D eigenvalue weighted by atomic mass is 16.5. The average Bonchev–Trinajstić information content (AvgIpc) is 2.39. The molecule has 1 rings (SSSR count). The van der Waals surface area contributed by atoms with Gasteiger partial charge in [-0.2, -0.15) is 0 Å². The van der Waals surface area contributed by atoms with E-state index < -0.39 is 5.54 Å². The van der Waals surface area contributed by atoms with Gasteiger partial charge in [-0.15, -0.1) is 0 Å². The Morgan fingerprint density at radius 2 is 2.00 bits per heavy atom. The summed E-state index contributed by atoms with van der Waals surface area (Å²) in [5.41, 5.74) is -0.473. The minimum Gasteiger partial charge on any atom is -0.468 e. The predicted octanol–water partition coefficient (Wildman–Crippen LogP) is 1.73. The first-order valence-electron chi connectivity index (χ1n) is 6.51. The van der Waals surface area contributed by atoms with Crippen LogP contribution in [0.25, 0.3) is 0 Å². The maximum Gasteiger partial charge on any atom is 0.326 e. The number of carbonyl (C=O) groups excluding carboxylic acids is 1. The molecular weight excluding hydrogens is 218 g/mol. The molecule has 0 aliphatic heterocycles. The molecule has 0 unspecified atom stereocenters. The number of esters is 1. The Labute approximate surface area is 104 Å². The molecule has 1 N–H and O–H groups in total. The molecule has 0 heterocycles. The fourth-order valence-corrected chi connectivity index (χ4v) is 2.62. The maximum atomic E-state index is 12.0. The summed E-state index contributed by atoms with van der Waals surface area (Å²) in [5, 5.41) is 3.33. The lowest BCUT2D eigenvalue weighted by Gasteiger charge is -2.38. The third kappa shape index (κ3) is 3.68. The second-order valence-electron chi connectivity index (χ2n) is 4.84. The number of hydrogen-bond acceptors (Lipinski definition) is 4. The van der Waals surface area contributed by atoms with Crippen molar-refractivity contribution in [3.05, 3.63) is 0 Å². The van der Waals surface area contributed by atoms with Crippen molar-refractivity contribution in [2.24, 2.45) is 5.92 Å². The Balaban J connectivity index is 2.58. The topological polar surface area (TPSA) is 47.6 Å². The number of ether oxygens (including phenoxy) is 2. The Morgan fingerprint density at radius 1 is 1.35 bits per heavy atom. The van der Waals surface area contributed by atoms with Gasteiger partial charge < -0.3 is 9.47 Å². The molecule has 0 radical (unpaired) electrons. The van der Waals surface area contributed by atoms with Gasteiger partial charge in [0.25, 0.3) is 0 Å². The lowest BCUT2D eigenvalue weighted by Crippen LogP contribution is -2.55. The molecule has 1 saturated carbocycles. The van der Waals surface area contributed by atoms with Crippen LogP contribution in [0.2, 0.25) is 0 Å². The molecule has 1 fully saturated rings. The molecule has 17 heavy (non-hydrogen) atoms. The van der Waals surface area contributed by atoms with Crippen LogP contribution in [-0.4, -0.2) is 38.9 Å². The quantitative estimate of drug-likeness (QED) is 0.570. The summed E-state index contributed by atoms with van der Waals surface area (Å²) in [4.78, 5) is 12.0. The summed E-state index contributed by atoms with van der Waals surface area (Å²) in [6.45, 7) is 3.53. The Kier molecular flexibility index (Phi) is 5.92. The maximum absolute atomic E-state index is 12.0. The highest BCUT2D eigenvalue weighted by Gasteiger charge is 2.41. The number of hydrogen-bond donors (Lipinski definition) is 1. The third-order valence-electron chi connectivity index (χ3n) is 3.88. The Hall–Kier alpha value is -0.610. The first kappa shape index (κ1) is 14.5. The summed E-state index contributed by atoms with van der Waals surface area (Å²) >= 11 is 0. The van der Waals surface area contributed by atoms with Crippen molar-refractivity contribution < 1.29 is 14.3 Å². The highest BCUT2D eigenvalue weighted by molar-refractivity contribution is 5.80. The van der Waals surface area contributed by atoms with Crippen LogP contribution in [0.3, 0.4) is 0 Å². The largest absolute Gasteiger partial charge is 0.468 e. The van der Waals surface area contributed by atoms with Gasteiger partial charge in [-0.1, -0.05) is 13.3 Å². The third-order valence-corrected chi connectivity index (χ3v) is 3.88. The molecule has 1 aliphatic rings. The van der Waals surface area contributed by atoms with Gasteiger partial charge in [0, 0.05) is 13.7 Å². The van der Waals surface area contributed by atoms with E-state index in [9.17, 15) is 4.79 Å². The zero-order valence-corrected chi connectivity index (χ0v) is 11.3. The van der Waals surface area contributed by atoms with Gasteiger partial charge in [-0.25, -0.2) is 0 Å².